The van der Waals surface area contributed by atoms with Crippen molar-refractivity contribution in [2.75, 3.05) is 33.3 Å². The Bertz CT molecular complexity index is 718. The molecule has 1 saturated heterocycles. The van der Waals surface area contributed by atoms with E-state index < -0.39 is 40.9 Å². The summed E-state index contributed by atoms with van der Waals surface area (Å²) in [5, 5.41) is 2.19. The maximum atomic E-state index is 13.1. The van der Waals surface area contributed by atoms with Crippen LogP contribution in [-0.2, 0) is 14.8 Å². The van der Waals surface area contributed by atoms with Gasteiger partial charge in [-0.05, 0) is 37.1 Å². The zero-order valence-electron chi connectivity index (χ0n) is 14.5. The lowest BCUT2D eigenvalue weighted by molar-refractivity contribution is -0.127. The number of rotatable bonds is 7. The number of hydrogen-bond donors (Lipinski definition) is 2. The van der Waals surface area contributed by atoms with Crippen LogP contribution in [0.1, 0.15) is 12.8 Å². The molecule has 1 amide bonds. The predicted molar refractivity (Wildman–Crippen MR) is 91.5 cm³/mol. The molecule has 3 N–H and O–H groups in total. The highest BCUT2D eigenvalue weighted by atomic mass is 32.2. The van der Waals surface area contributed by atoms with Crippen LogP contribution in [0.5, 0.6) is 5.75 Å². The van der Waals surface area contributed by atoms with Crippen molar-refractivity contribution in [3.8, 4) is 5.75 Å². The number of alkyl halides is 2. The third kappa shape index (κ3) is 4.89. The Labute approximate surface area is 151 Å². The smallest absolute Gasteiger partial charge is 0.277 e. The van der Waals surface area contributed by atoms with Gasteiger partial charge >= 0.3 is 0 Å². The molecule has 0 atom stereocenters. The normalized spacial score (nSPS) is 17.1. The first-order chi connectivity index (χ1) is 12.2. The molecule has 7 nitrogen and oxygen atoms in total. The van der Waals surface area contributed by atoms with E-state index in [0.717, 1.165) is 0 Å². The van der Waals surface area contributed by atoms with Crippen LogP contribution in [0, 0.1) is 5.92 Å². The van der Waals surface area contributed by atoms with Gasteiger partial charge in [-0.25, -0.2) is 17.2 Å². The minimum Gasteiger partial charge on any atom is -0.497 e. The number of carbonyl (C=O) groups excluding carboxylic acids is 1. The monoisotopic (exact) mass is 391 g/mol. The number of sulfonamides is 1. The van der Waals surface area contributed by atoms with Crippen LogP contribution >= 0.6 is 0 Å². The lowest BCUT2D eigenvalue weighted by Gasteiger charge is -2.30. The molecule has 0 spiro atoms. The van der Waals surface area contributed by atoms with Crippen molar-refractivity contribution in [3.63, 3.8) is 0 Å². The lowest BCUT2D eigenvalue weighted by Crippen LogP contribution is -2.46. The summed E-state index contributed by atoms with van der Waals surface area (Å²) in [7, 11) is -2.18. The molecule has 1 aromatic rings. The first kappa shape index (κ1) is 20.5. The number of nitrogens with zero attached hydrogens (tertiary/aromatic N) is 1. The lowest BCUT2D eigenvalue weighted by atomic mass is 9.97. The van der Waals surface area contributed by atoms with Crippen LogP contribution in [0.4, 0.5) is 8.78 Å². The van der Waals surface area contributed by atoms with E-state index >= 15 is 0 Å². The molecule has 1 aliphatic rings. The molecular formula is C16H23F2N3O4S. The van der Waals surface area contributed by atoms with Gasteiger partial charge in [-0.2, -0.15) is 4.31 Å². The maximum absolute atomic E-state index is 13.1. The molecule has 0 aromatic heterocycles. The summed E-state index contributed by atoms with van der Waals surface area (Å²) >= 11 is 0. The van der Waals surface area contributed by atoms with E-state index in [2.05, 4.69) is 5.32 Å². The minimum atomic E-state index is -3.67. The van der Waals surface area contributed by atoms with Crippen molar-refractivity contribution in [2.24, 2.45) is 11.7 Å². The molecule has 0 bridgehead atoms. The standard InChI is InChI=1S/C16H23F2N3O4S/c1-25-13-2-4-14(5-3-13)26(23,24)21-8-6-12(7-9-21)15(22)20-11-16(17,18)10-19/h2-5,12H,6-11,19H2,1H3,(H,20,22). The largest absolute Gasteiger partial charge is 0.497 e. The number of amides is 1. The Morgan fingerprint density at radius 2 is 1.88 bits per heavy atom. The molecule has 26 heavy (non-hydrogen) atoms. The fourth-order valence-corrected chi connectivity index (χ4v) is 4.16. The number of nitrogens with one attached hydrogen (secondary N) is 1. The summed E-state index contributed by atoms with van der Waals surface area (Å²) in [6.07, 6.45) is 0.546. The van der Waals surface area contributed by atoms with Gasteiger partial charge in [-0.1, -0.05) is 0 Å². The quantitative estimate of drug-likeness (QED) is 0.716. The number of nitrogens with two attached hydrogens (primary N) is 1. The van der Waals surface area contributed by atoms with Crippen molar-refractivity contribution in [3.05, 3.63) is 24.3 Å². The summed E-state index contributed by atoms with van der Waals surface area (Å²) in [4.78, 5) is 12.1. The van der Waals surface area contributed by atoms with Gasteiger partial charge in [0, 0.05) is 19.0 Å². The molecule has 10 heteroatoms. The fraction of sp³-hybridized carbons (Fsp3) is 0.562. The van der Waals surface area contributed by atoms with E-state index in [0.29, 0.717) is 5.75 Å². The maximum Gasteiger partial charge on any atom is 0.277 e. The Hall–Kier alpha value is -1.78. The molecule has 1 fully saturated rings. The van der Waals surface area contributed by atoms with E-state index in [1.165, 1.54) is 23.5 Å². The van der Waals surface area contributed by atoms with Gasteiger partial charge in [0.1, 0.15) is 5.75 Å². The van der Waals surface area contributed by atoms with Crippen molar-refractivity contribution >= 4 is 15.9 Å². The minimum absolute atomic E-state index is 0.142. The molecule has 1 heterocycles. The van der Waals surface area contributed by atoms with Crippen LogP contribution in [0.25, 0.3) is 0 Å². The van der Waals surface area contributed by atoms with Crippen LogP contribution in [0.2, 0.25) is 0 Å². The van der Waals surface area contributed by atoms with E-state index in [9.17, 15) is 22.0 Å². The summed E-state index contributed by atoms with van der Waals surface area (Å²) < 4.78 is 57.8. The topological polar surface area (TPSA) is 102 Å². The van der Waals surface area contributed by atoms with Gasteiger partial charge in [0.2, 0.25) is 15.9 Å². The average Bonchev–Trinajstić information content (AvgIpc) is 2.66. The fourth-order valence-electron chi connectivity index (χ4n) is 2.69. The highest BCUT2D eigenvalue weighted by Gasteiger charge is 2.33. The van der Waals surface area contributed by atoms with Crippen molar-refractivity contribution in [1.82, 2.24) is 9.62 Å². The zero-order valence-corrected chi connectivity index (χ0v) is 15.3. The molecule has 2 rings (SSSR count). The van der Waals surface area contributed by atoms with Gasteiger partial charge in [0.15, 0.2) is 0 Å². The molecular weight excluding hydrogens is 368 g/mol. The Balaban J connectivity index is 1.93. The second-order valence-corrected chi connectivity index (χ2v) is 8.07. The SMILES string of the molecule is COc1ccc(S(=O)(=O)N2CCC(C(=O)NCC(F)(F)CN)CC2)cc1. The summed E-state index contributed by atoms with van der Waals surface area (Å²) in [6.45, 7) is -1.35. The molecule has 0 radical (unpaired) electrons. The van der Waals surface area contributed by atoms with Gasteiger partial charge in [-0.15, -0.1) is 0 Å². The first-order valence-electron chi connectivity index (χ1n) is 8.19. The summed E-state index contributed by atoms with van der Waals surface area (Å²) in [5.41, 5.74) is 4.93. The number of hydrogen-bond acceptors (Lipinski definition) is 5. The third-order valence-corrected chi connectivity index (χ3v) is 6.25. The number of carbonyl (C=O) groups is 1. The van der Waals surface area contributed by atoms with Gasteiger partial charge in [-0.3, -0.25) is 4.79 Å². The molecule has 146 valence electrons. The number of benzene rings is 1. The third-order valence-electron chi connectivity index (χ3n) is 4.34. The van der Waals surface area contributed by atoms with Crippen LogP contribution in [0.3, 0.4) is 0 Å². The Kier molecular flexibility index (Phi) is 6.53. The molecule has 0 saturated carbocycles. The summed E-state index contributed by atoms with van der Waals surface area (Å²) in [5.74, 6) is -3.59. The average molecular weight is 391 g/mol. The Morgan fingerprint density at radius 3 is 2.38 bits per heavy atom. The second-order valence-electron chi connectivity index (χ2n) is 6.13. The van der Waals surface area contributed by atoms with E-state index in [1.807, 2.05) is 0 Å². The number of ether oxygens (including phenoxy) is 1. The van der Waals surface area contributed by atoms with Crippen molar-refractivity contribution in [1.29, 1.82) is 0 Å². The van der Waals surface area contributed by atoms with Crippen molar-refractivity contribution in [2.45, 2.75) is 23.7 Å². The number of piperidine rings is 1. The highest BCUT2D eigenvalue weighted by Crippen LogP contribution is 2.25. The van der Waals surface area contributed by atoms with Crippen LogP contribution < -0.4 is 15.8 Å². The van der Waals surface area contributed by atoms with Gasteiger partial charge in [0.25, 0.3) is 5.92 Å². The zero-order chi connectivity index (χ0) is 19.4. The van der Waals surface area contributed by atoms with Crippen molar-refractivity contribution < 1.29 is 26.7 Å². The van der Waals surface area contributed by atoms with Gasteiger partial charge in [0.05, 0.1) is 25.1 Å². The van der Waals surface area contributed by atoms with Gasteiger partial charge < -0.3 is 15.8 Å². The molecule has 1 aliphatic heterocycles. The van der Waals surface area contributed by atoms with E-state index in [-0.39, 0.29) is 30.8 Å². The Morgan fingerprint density at radius 1 is 1.31 bits per heavy atom. The molecule has 1 aromatic carbocycles. The molecule has 0 aliphatic carbocycles. The summed E-state index contributed by atoms with van der Waals surface area (Å²) in [6, 6.07) is 6.04. The number of methoxy groups -OCH3 is 1. The molecule has 0 unspecified atom stereocenters. The van der Waals surface area contributed by atoms with Crippen LogP contribution in [0.15, 0.2) is 29.2 Å². The predicted octanol–water partition coefficient (Wildman–Crippen LogP) is 0.806. The second kappa shape index (κ2) is 8.28. The van der Waals surface area contributed by atoms with Crippen LogP contribution in [-0.4, -0.2) is 57.8 Å². The highest BCUT2D eigenvalue weighted by molar-refractivity contribution is 7.89. The van der Waals surface area contributed by atoms with E-state index in [1.54, 1.807) is 12.1 Å². The first-order valence-corrected chi connectivity index (χ1v) is 9.63. The number of halogens is 2. The van der Waals surface area contributed by atoms with E-state index in [4.69, 9.17) is 10.5 Å².